The topological polar surface area (TPSA) is 78.0 Å². The van der Waals surface area contributed by atoms with Crippen molar-refractivity contribution in [2.45, 2.75) is 38.0 Å². The summed E-state index contributed by atoms with van der Waals surface area (Å²) in [5.74, 6) is -0.396. The molecule has 3 aromatic rings. The number of nitrogen functional groups attached to an aromatic ring is 1. The molecule has 3 heterocycles. The molecule has 0 amide bonds. The molecule has 1 fully saturated rings. The summed E-state index contributed by atoms with van der Waals surface area (Å²) in [7, 11) is 0. The van der Waals surface area contributed by atoms with E-state index >= 15 is 0 Å². The van der Waals surface area contributed by atoms with Gasteiger partial charge in [-0.3, -0.25) is 0 Å². The molecule has 1 aliphatic heterocycles. The minimum atomic E-state index is -3.17. The zero-order chi connectivity index (χ0) is 23.0. The second-order valence-corrected chi connectivity index (χ2v) is 8.32. The molecule has 4 rings (SSSR count). The number of rotatable bonds is 6. The van der Waals surface area contributed by atoms with Crippen LogP contribution in [0.2, 0.25) is 10.0 Å². The van der Waals surface area contributed by atoms with Gasteiger partial charge < -0.3 is 15.8 Å². The van der Waals surface area contributed by atoms with Crippen molar-refractivity contribution in [3.63, 3.8) is 0 Å². The normalized spacial score (nSPS) is 17.5. The van der Waals surface area contributed by atoms with Gasteiger partial charge in [0.15, 0.2) is 11.6 Å². The average molecular weight is 486 g/mol. The summed E-state index contributed by atoms with van der Waals surface area (Å²) in [6.45, 7) is 2.18. The first-order valence-electron chi connectivity index (χ1n) is 9.90. The quantitative estimate of drug-likeness (QED) is 0.456. The third-order valence-electron chi connectivity index (χ3n) is 5.37. The highest BCUT2D eigenvalue weighted by Gasteiger charge is 2.43. The van der Waals surface area contributed by atoms with Crippen LogP contribution in [0, 0.1) is 5.82 Å². The van der Waals surface area contributed by atoms with Crippen molar-refractivity contribution in [1.82, 2.24) is 20.1 Å². The fourth-order valence-electron chi connectivity index (χ4n) is 3.65. The van der Waals surface area contributed by atoms with Gasteiger partial charge in [-0.1, -0.05) is 23.2 Å². The number of alkyl halides is 2. The molecule has 0 aliphatic carbocycles. The number of nitrogens with zero attached hydrogens (tertiary/aromatic N) is 3. The Bertz CT molecular complexity index is 1130. The predicted molar refractivity (Wildman–Crippen MR) is 117 cm³/mol. The standard InChI is InChI=1S/C21H20Cl2F3N5O/c1-11(18-14(22)4-5-15(24)19(18)23)32-16-7-12(8-29-20(16)27)13-9-30-31(10-13)21(25,26)17-3-2-6-28-17/h4-5,7-11,17,28H,2-3,6H2,1H3,(H2,27,29). The van der Waals surface area contributed by atoms with E-state index in [0.29, 0.717) is 35.2 Å². The van der Waals surface area contributed by atoms with E-state index in [0.717, 1.165) is 6.07 Å². The highest BCUT2D eigenvalue weighted by molar-refractivity contribution is 6.36. The molecule has 3 N–H and O–H groups in total. The lowest BCUT2D eigenvalue weighted by molar-refractivity contribution is -0.119. The Labute approximate surface area is 192 Å². The van der Waals surface area contributed by atoms with Gasteiger partial charge in [0.1, 0.15) is 11.9 Å². The van der Waals surface area contributed by atoms with E-state index in [-0.39, 0.29) is 27.2 Å². The van der Waals surface area contributed by atoms with Gasteiger partial charge in [-0.05, 0) is 44.5 Å². The fourth-order valence-corrected chi connectivity index (χ4v) is 4.33. The Balaban J connectivity index is 1.60. The Hall–Kier alpha value is -2.49. The maximum Gasteiger partial charge on any atom is 0.358 e. The number of benzene rings is 1. The number of hydrogen-bond acceptors (Lipinski definition) is 5. The largest absolute Gasteiger partial charge is 0.482 e. The number of halogens is 5. The van der Waals surface area contributed by atoms with Gasteiger partial charge in [0.05, 0.1) is 17.3 Å². The van der Waals surface area contributed by atoms with E-state index in [9.17, 15) is 13.2 Å². The van der Waals surface area contributed by atoms with Crippen LogP contribution in [0.4, 0.5) is 19.0 Å². The van der Waals surface area contributed by atoms with Gasteiger partial charge in [-0.15, -0.1) is 0 Å². The number of anilines is 1. The summed E-state index contributed by atoms with van der Waals surface area (Å²) in [6, 6.07) is -0.0576. The van der Waals surface area contributed by atoms with Crippen molar-refractivity contribution >= 4 is 29.0 Å². The van der Waals surface area contributed by atoms with E-state index in [1.807, 2.05) is 0 Å². The van der Waals surface area contributed by atoms with Crippen LogP contribution in [0.5, 0.6) is 5.75 Å². The van der Waals surface area contributed by atoms with Crippen molar-refractivity contribution in [2.24, 2.45) is 0 Å². The molecular formula is C21H20Cl2F3N5O. The molecule has 2 unspecified atom stereocenters. The molecule has 11 heteroatoms. The predicted octanol–water partition coefficient (Wildman–Crippen LogP) is 5.41. The Morgan fingerprint density at radius 1 is 1.28 bits per heavy atom. The lowest BCUT2D eigenvalue weighted by Gasteiger charge is -2.23. The van der Waals surface area contributed by atoms with Gasteiger partial charge in [0.25, 0.3) is 0 Å². The first-order chi connectivity index (χ1) is 15.2. The summed E-state index contributed by atoms with van der Waals surface area (Å²) in [5.41, 5.74) is 7.07. The third-order valence-corrected chi connectivity index (χ3v) is 6.09. The van der Waals surface area contributed by atoms with Gasteiger partial charge in [-0.25, -0.2) is 14.1 Å². The van der Waals surface area contributed by atoms with Crippen LogP contribution < -0.4 is 15.8 Å². The second kappa shape index (κ2) is 8.80. The van der Waals surface area contributed by atoms with Crippen molar-refractivity contribution in [3.8, 4) is 16.9 Å². The Morgan fingerprint density at radius 3 is 2.78 bits per heavy atom. The molecule has 32 heavy (non-hydrogen) atoms. The maximum atomic E-state index is 14.7. The first-order valence-corrected chi connectivity index (χ1v) is 10.7. The summed E-state index contributed by atoms with van der Waals surface area (Å²) >= 11 is 12.2. The Morgan fingerprint density at radius 2 is 2.06 bits per heavy atom. The number of nitrogens with two attached hydrogens (primary N) is 1. The molecule has 0 spiro atoms. The number of pyridine rings is 1. The number of ether oxygens (including phenoxy) is 1. The zero-order valence-corrected chi connectivity index (χ0v) is 18.5. The second-order valence-electron chi connectivity index (χ2n) is 7.53. The van der Waals surface area contributed by atoms with Crippen LogP contribution in [0.1, 0.15) is 31.4 Å². The molecule has 2 atom stereocenters. The SMILES string of the molecule is CC(Oc1cc(-c2cnn(C(F)(F)C3CCCN3)c2)cnc1N)c1c(Cl)ccc(F)c1Cl. The van der Waals surface area contributed by atoms with E-state index in [1.165, 1.54) is 24.7 Å². The molecule has 0 bridgehead atoms. The Kier molecular flexibility index (Phi) is 6.24. The van der Waals surface area contributed by atoms with Crippen LogP contribution in [0.3, 0.4) is 0 Å². The molecule has 2 aromatic heterocycles. The lowest BCUT2D eigenvalue weighted by Crippen LogP contribution is -2.43. The summed E-state index contributed by atoms with van der Waals surface area (Å²) in [5, 5.41) is 6.73. The van der Waals surface area contributed by atoms with Crippen LogP contribution in [0.15, 0.2) is 36.8 Å². The molecular weight excluding hydrogens is 466 g/mol. The number of nitrogens with one attached hydrogen (secondary N) is 1. The van der Waals surface area contributed by atoms with Gasteiger partial charge in [0, 0.05) is 34.1 Å². The van der Waals surface area contributed by atoms with Crippen LogP contribution in [0.25, 0.3) is 11.1 Å². The highest BCUT2D eigenvalue weighted by Crippen LogP contribution is 2.37. The summed E-state index contributed by atoms with van der Waals surface area (Å²) < 4.78 is 49.8. The third kappa shape index (κ3) is 4.24. The minimum absolute atomic E-state index is 0.0668. The van der Waals surface area contributed by atoms with Crippen LogP contribution in [-0.2, 0) is 6.05 Å². The van der Waals surface area contributed by atoms with Crippen molar-refractivity contribution in [1.29, 1.82) is 0 Å². The molecule has 1 saturated heterocycles. The van der Waals surface area contributed by atoms with Gasteiger partial charge in [0.2, 0.25) is 0 Å². The molecule has 0 radical (unpaired) electrons. The van der Waals surface area contributed by atoms with Crippen LogP contribution in [-0.4, -0.2) is 27.4 Å². The van der Waals surface area contributed by atoms with Gasteiger partial charge in [-0.2, -0.15) is 13.9 Å². The molecule has 170 valence electrons. The van der Waals surface area contributed by atoms with Crippen molar-refractivity contribution < 1.29 is 17.9 Å². The van der Waals surface area contributed by atoms with Crippen molar-refractivity contribution in [2.75, 3.05) is 12.3 Å². The highest BCUT2D eigenvalue weighted by atomic mass is 35.5. The fraction of sp³-hybridized carbons (Fsp3) is 0.333. The minimum Gasteiger partial charge on any atom is -0.482 e. The van der Waals surface area contributed by atoms with E-state index in [2.05, 4.69) is 15.4 Å². The lowest BCUT2D eigenvalue weighted by atomic mass is 10.1. The van der Waals surface area contributed by atoms with E-state index < -0.39 is 24.0 Å². The van der Waals surface area contributed by atoms with Crippen LogP contribution >= 0.6 is 23.2 Å². The zero-order valence-electron chi connectivity index (χ0n) is 17.0. The molecule has 0 saturated carbocycles. The maximum absolute atomic E-state index is 14.7. The number of aromatic nitrogens is 3. The van der Waals surface area contributed by atoms with E-state index in [1.54, 1.807) is 13.0 Å². The molecule has 1 aliphatic rings. The van der Waals surface area contributed by atoms with Gasteiger partial charge >= 0.3 is 6.05 Å². The smallest absolute Gasteiger partial charge is 0.358 e. The monoisotopic (exact) mass is 485 g/mol. The average Bonchev–Trinajstić information content (AvgIpc) is 3.45. The molecule has 1 aromatic carbocycles. The summed E-state index contributed by atoms with van der Waals surface area (Å²) in [6.07, 6.45) is 4.30. The first kappa shape index (κ1) is 22.7. The summed E-state index contributed by atoms with van der Waals surface area (Å²) in [4.78, 5) is 4.09. The number of hydrogen-bond donors (Lipinski definition) is 2. The van der Waals surface area contributed by atoms with Crippen molar-refractivity contribution in [3.05, 3.63) is 58.2 Å². The molecule has 6 nitrogen and oxygen atoms in total. The van der Waals surface area contributed by atoms with E-state index in [4.69, 9.17) is 33.7 Å².